The number of hydrogen-bond acceptors (Lipinski definition) is 2. The normalized spacial score (nSPS) is 6.10. The van der Waals surface area contributed by atoms with E-state index in [-0.39, 0.29) is 0 Å². The molecule has 0 aliphatic heterocycles. The largest absolute Gasteiger partial charge is 0.388 e. The molecule has 0 aliphatic carbocycles. The summed E-state index contributed by atoms with van der Waals surface area (Å²) in [5.74, 6) is 0. The summed E-state index contributed by atoms with van der Waals surface area (Å²) in [7, 11) is 7.40. The monoisotopic (exact) mass is 185 g/mol. The van der Waals surface area contributed by atoms with Crippen LogP contribution in [0.5, 0.6) is 0 Å². The van der Waals surface area contributed by atoms with Crippen LogP contribution in [-0.4, -0.2) is 49.2 Å². The van der Waals surface area contributed by atoms with Crippen molar-refractivity contribution in [1.82, 2.24) is 4.90 Å². The average Bonchev–Trinajstić information content (AvgIpc) is 1.94. The van der Waals surface area contributed by atoms with Gasteiger partial charge in [0.1, 0.15) is 9.55 Å². The second-order valence-corrected chi connectivity index (χ2v) is 1.48. The van der Waals surface area contributed by atoms with Crippen molar-refractivity contribution in [2.75, 3.05) is 28.3 Å². The quantitative estimate of drug-likeness (QED) is 0.313. The van der Waals surface area contributed by atoms with Crippen molar-refractivity contribution in [1.29, 1.82) is 0 Å². The van der Waals surface area contributed by atoms with Gasteiger partial charge in [0.25, 0.3) is 0 Å². The number of halogens is 1. The molecule has 0 aromatic rings. The number of carbonyl (C=O) groups excluding carboxylic acids is 1. The minimum Gasteiger partial charge on any atom is -0.388 e. The number of carbonyl (C=O) groups is 1. The number of hydrogen-bond donors (Lipinski definition) is 0. The van der Waals surface area contributed by atoms with E-state index in [4.69, 9.17) is 11.1 Å². The van der Waals surface area contributed by atoms with Gasteiger partial charge in [-0.05, 0) is 0 Å². The van der Waals surface area contributed by atoms with E-state index in [2.05, 4.69) is 4.74 Å². The summed E-state index contributed by atoms with van der Waals surface area (Å²) in [5, 5.41) is 0. The molecule has 5 heteroatoms. The summed E-state index contributed by atoms with van der Waals surface area (Å²) in [5.41, 5.74) is 0. The Morgan fingerprint density at radius 3 is 1.50 bits per heavy atom. The number of rotatable bonds is 1. The van der Waals surface area contributed by atoms with Crippen LogP contribution >= 0.6 is 11.1 Å². The van der Waals surface area contributed by atoms with E-state index in [0.717, 1.165) is 16.0 Å². The number of nitrogens with zero attached hydrogens (tertiary/aromatic N) is 1. The summed E-state index contributed by atoms with van der Waals surface area (Å²) in [6, 6.07) is 0. The van der Waals surface area contributed by atoms with Crippen LogP contribution in [0.3, 0.4) is 0 Å². The standard InChI is InChI=1S/C3H7NO.C2H6O.ClH3Si/c1-4(2)3-5;1-3-2;1-2/h3H,1-2H3;1-2H3;2H3. The SMILES string of the molecule is CN(C)C=O.COC.[SiH3]Cl. The molecule has 0 saturated heterocycles. The van der Waals surface area contributed by atoms with Gasteiger partial charge in [-0.3, -0.25) is 4.79 Å². The van der Waals surface area contributed by atoms with Crippen molar-refractivity contribution in [2.24, 2.45) is 0 Å². The number of amides is 1. The highest BCUT2D eigenvalue weighted by Gasteiger charge is 1.68. The van der Waals surface area contributed by atoms with Crippen molar-refractivity contribution in [3.63, 3.8) is 0 Å². The van der Waals surface area contributed by atoms with E-state index >= 15 is 0 Å². The predicted molar refractivity (Wildman–Crippen MR) is 48.5 cm³/mol. The van der Waals surface area contributed by atoms with E-state index in [0.29, 0.717) is 0 Å². The molecule has 64 valence electrons. The zero-order chi connectivity index (χ0) is 8.99. The Morgan fingerprint density at radius 2 is 1.50 bits per heavy atom. The highest BCUT2D eigenvalue weighted by molar-refractivity contribution is 6.80. The van der Waals surface area contributed by atoms with Crippen LogP contribution in [0.2, 0.25) is 0 Å². The van der Waals surface area contributed by atoms with Crippen LogP contribution in [0, 0.1) is 0 Å². The lowest BCUT2D eigenvalue weighted by Crippen LogP contribution is -2.06. The fourth-order valence-electron chi connectivity index (χ4n) is 0. The van der Waals surface area contributed by atoms with Crippen molar-refractivity contribution >= 4 is 27.0 Å². The highest BCUT2D eigenvalue weighted by atomic mass is 35.6. The lowest BCUT2D eigenvalue weighted by molar-refractivity contribution is -0.115. The highest BCUT2D eigenvalue weighted by Crippen LogP contribution is 1.52. The van der Waals surface area contributed by atoms with Crippen molar-refractivity contribution in [2.45, 2.75) is 0 Å². The number of ether oxygens (including phenoxy) is 1. The van der Waals surface area contributed by atoms with Gasteiger partial charge in [0.05, 0.1) is 0 Å². The van der Waals surface area contributed by atoms with Crippen LogP contribution in [0.4, 0.5) is 0 Å². The molecule has 3 nitrogen and oxygen atoms in total. The number of methoxy groups -OCH3 is 1. The summed E-state index contributed by atoms with van der Waals surface area (Å²) < 4.78 is 4.25. The Morgan fingerprint density at radius 1 is 1.40 bits per heavy atom. The van der Waals surface area contributed by atoms with E-state index in [1.165, 1.54) is 4.90 Å². The van der Waals surface area contributed by atoms with Gasteiger partial charge in [-0.2, -0.15) is 11.1 Å². The molecule has 0 unspecified atom stereocenters. The summed E-state index contributed by atoms with van der Waals surface area (Å²) in [6.07, 6.45) is 0.750. The van der Waals surface area contributed by atoms with Gasteiger partial charge in [0.15, 0.2) is 0 Å². The lowest BCUT2D eigenvalue weighted by atomic mass is 11.0. The fourth-order valence-corrected chi connectivity index (χ4v) is 0. The molecule has 0 spiro atoms. The van der Waals surface area contributed by atoms with Gasteiger partial charge in [-0.1, -0.05) is 0 Å². The minimum atomic E-state index is 0.750. The molecule has 0 rings (SSSR count). The Balaban J connectivity index is -0.0000000847. The van der Waals surface area contributed by atoms with Crippen LogP contribution in [-0.2, 0) is 9.53 Å². The van der Waals surface area contributed by atoms with Crippen LogP contribution in [0.25, 0.3) is 0 Å². The zero-order valence-corrected chi connectivity index (χ0v) is 9.97. The molecule has 0 atom stereocenters. The van der Waals surface area contributed by atoms with Crippen LogP contribution < -0.4 is 0 Å². The molecule has 0 radical (unpaired) electrons. The third-order valence-corrected chi connectivity index (χ3v) is 0.211. The summed E-state index contributed by atoms with van der Waals surface area (Å²) >= 11 is 4.78. The summed E-state index contributed by atoms with van der Waals surface area (Å²) in [4.78, 5) is 10.9. The van der Waals surface area contributed by atoms with Crippen molar-refractivity contribution < 1.29 is 9.53 Å². The maximum atomic E-state index is 9.43. The van der Waals surface area contributed by atoms with Gasteiger partial charge < -0.3 is 9.64 Å². The molecule has 10 heavy (non-hydrogen) atoms. The molecule has 0 bridgehead atoms. The van der Waals surface area contributed by atoms with Gasteiger partial charge in [-0.15, -0.1) is 0 Å². The maximum absolute atomic E-state index is 9.43. The molecule has 0 aromatic heterocycles. The third kappa shape index (κ3) is 102. The predicted octanol–water partition coefficient (Wildman–Crippen LogP) is -0.527. The second-order valence-electron chi connectivity index (χ2n) is 1.48. The fraction of sp³-hybridized carbons (Fsp3) is 0.800. The molecule has 0 fully saturated rings. The van der Waals surface area contributed by atoms with Gasteiger partial charge in [0.2, 0.25) is 6.41 Å². The van der Waals surface area contributed by atoms with Crippen molar-refractivity contribution in [3.8, 4) is 0 Å². The van der Waals surface area contributed by atoms with E-state index < -0.39 is 0 Å². The Bertz CT molecular complexity index is 54.9. The summed E-state index contributed by atoms with van der Waals surface area (Å²) in [6.45, 7) is 0. The van der Waals surface area contributed by atoms with Gasteiger partial charge in [0, 0.05) is 28.3 Å². The van der Waals surface area contributed by atoms with Gasteiger partial charge in [-0.25, -0.2) is 0 Å². The maximum Gasteiger partial charge on any atom is 0.209 e. The molecule has 0 aliphatic rings. The molecular formula is C5H16ClNO2Si. The third-order valence-electron chi connectivity index (χ3n) is 0.211. The molecule has 0 saturated carbocycles. The first-order valence-corrected chi connectivity index (χ1v) is 5.61. The average molecular weight is 186 g/mol. The first kappa shape index (κ1) is 16.5. The second kappa shape index (κ2) is 23.1. The van der Waals surface area contributed by atoms with E-state index in [9.17, 15) is 4.79 Å². The first-order chi connectivity index (χ1) is 4.68. The first-order valence-electron chi connectivity index (χ1n) is 2.58. The van der Waals surface area contributed by atoms with Crippen molar-refractivity contribution in [3.05, 3.63) is 0 Å². The van der Waals surface area contributed by atoms with Crippen LogP contribution in [0.15, 0.2) is 0 Å². The molecule has 0 heterocycles. The minimum absolute atomic E-state index is 0.750. The smallest absolute Gasteiger partial charge is 0.209 e. The molecule has 1 amide bonds. The molecular weight excluding hydrogens is 170 g/mol. The Labute approximate surface area is 70.4 Å². The lowest BCUT2D eigenvalue weighted by Gasteiger charge is -1.93. The Kier molecular flexibility index (Phi) is 38.1. The molecule has 0 N–H and O–H groups in total. The van der Waals surface area contributed by atoms with Crippen LogP contribution in [0.1, 0.15) is 0 Å². The molecule has 0 aromatic carbocycles. The topological polar surface area (TPSA) is 29.5 Å². The Hall–Kier alpha value is -0.0631. The van der Waals surface area contributed by atoms with E-state index in [1.807, 2.05) is 0 Å². The van der Waals surface area contributed by atoms with E-state index in [1.54, 1.807) is 28.3 Å². The zero-order valence-electron chi connectivity index (χ0n) is 7.22. The van der Waals surface area contributed by atoms with Gasteiger partial charge >= 0.3 is 0 Å².